The van der Waals surface area contributed by atoms with Gasteiger partial charge in [-0.05, 0) is 42.3 Å². The van der Waals surface area contributed by atoms with E-state index in [9.17, 15) is 4.79 Å². The molecular formula is C16H14N4O. The molecule has 0 saturated heterocycles. The van der Waals surface area contributed by atoms with E-state index in [1.807, 2.05) is 18.2 Å². The minimum absolute atomic E-state index is 0.0179. The van der Waals surface area contributed by atoms with E-state index < -0.39 is 0 Å². The van der Waals surface area contributed by atoms with E-state index in [2.05, 4.69) is 16.7 Å². The first-order valence-electron chi connectivity index (χ1n) is 6.65. The summed E-state index contributed by atoms with van der Waals surface area (Å²) in [7, 11) is 0. The fraction of sp³-hybridized carbons (Fsp3) is 0.125. The molecule has 0 spiro atoms. The highest BCUT2D eigenvalue weighted by Gasteiger charge is 2.16. The fourth-order valence-electron chi connectivity index (χ4n) is 2.38. The van der Waals surface area contributed by atoms with Gasteiger partial charge in [0.05, 0.1) is 23.0 Å². The van der Waals surface area contributed by atoms with Crippen LogP contribution >= 0.6 is 0 Å². The summed E-state index contributed by atoms with van der Waals surface area (Å²) in [5.41, 5.74) is 10.6. The number of fused-ring (bicyclic) bond motifs is 1. The average Bonchev–Trinajstić information content (AvgIpc) is 2.48. The minimum atomic E-state index is 0.0179. The molecule has 3 rings (SSSR count). The lowest BCUT2D eigenvalue weighted by Gasteiger charge is -2.19. The van der Waals surface area contributed by atoms with Crippen LogP contribution in [0.4, 0.5) is 22.7 Å². The maximum absolute atomic E-state index is 11.4. The molecule has 1 heterocycles. The Morgan fingerprint density at radius 1 is 1.24 bits per heavy atom. The van der Waals surface area contributed by atoms with Gasteiger partial charge in [-0.25, -0.2) is 0 Å². The molecule has 0 unspecified atom stereocenters. The second-order valence-corrected chi connectivity index (χ2v) is 4.96. The number of hydrogen-bond donors (Lipinski definition) is 3. The Morgan fingerprint density at radius 2 is 2.10 bits per heavy atom. The maximum atomic E-state index is 11.4. The van der Waals surface area contributed by atoms with E-state index in [1.54, 1.807) is 18.2 Å². The van der Waals surface area contributed by atoms with Crippen molar-refractivity contribution >= 4 is 28.7 Å². The summed E-state index contributed by atoms with van der Waals surface area (Å²) >= 11 is 0. The van der Waals surface area contributed by atoms with Crippen molar-refractivity contribution in [2.24, 2.45) is 0 Å². The third kappa shape index (κ3) is 2.65. The number of amides is 1. The molecule has 5 heteroatoms. The Labute approximate surface area is 122 Å². The van der Waals surface area contributed by atoms with Crippen molar-refractivity contribution in [1.82, 2.24) is 0 Å². The van der Waals surface area contributed by atoms with Crippen LogP contribution in [-0.2, 0) is 11.2 Å². The molecule has 0 fully saturated rings. The Balaban J connectivity index is 1.92. The third-order valence-corrected chi connectivity index (χ3v) is 3.44. The molecule has 0 saturated carbocycles. The van der Waals surface area contributed by atoms with Crippen LogP contribution in [0.5, 0.6) is 0 Å². The Kier molecular flexibility index (Phi) is 3.20. The van der Waals surface area contributed by atoms with Gasteiger partial charge < -0.3 is 16.4 Å². The maximum Gasteiger partial charge on any atom is 0.224 e. The monoisotopic (exact) mass is 278 g/mol. The van der Waals surface area contributed by atoms with Gasteiger partial charge in [0.15, 0.2) is 0 Å². The van der Waals surface area contributed by atoms with Crippen LogP contribution < -0.4 is 16.4 Å². The molecule has 2 aromatic carbocycles. The first kappa shape index (κ1) is 13.0. The second kappa shape index (κ2) is 5.17. The van der Waals surface area contributed by atoms with Gasteiger partial charge >= 0.3 is 0 Å². The number of rotatable bonds is 2. The van der Waals surface area contributed by atoms with Crippen LogP contribution in [0.15, 0.2) is 36.4 Å². The molecule has 104 valence electrons. The van der Waals surface area contributed by atoms with E-state index in [-0.39, 0.29) is 5.91 Å². The highest BCUT2D eigenvalue weighted by molar-refractivity contribution is 5.95. The Morgan fingerprint density at radius 3 is 2.90 bits per heavy atom. The highest BCUT2D eigenvalue weighted by atomic mass is 16.1. The fourth-order valence-corrected chi connectivity index (χ4v) is 2.38. The standard InChI is InChI=1S/C16H14N4O/c17-9-10-2-1-3-12(6-10)19-15-7-11-4-5-16(21)20-14(11)8-13(15)18/h1-3,6-8,19H,4-5,18H2,(H,20,21). The van der Waals surface area contributed by atoms with Crippen molar-refractivity contribution in [3.63, 3.8) is 0 Å². The molecule has 1 aliphatic heterocycles. The predicted octanol–water partition coefficient (Wildman–Crippen LogP) is 2.77. The van der Waals surface area contributed by atoms with Gasteiger partial charge in [0.1, 0.15) is 0 Å². The molecule has 5 nitrogen and oxygen atoms in total. The quantitative estimate of drug-likeness (QED) is 0.737. The number of nitrogens with one attached hydrogen (secondary N) is 2. The van der Waals surface area contributed by atoms with Gasteiger partial charge in [0, 0.05) is 17.8 Å². The van der Waals surface area contributed by atoms with E-state index in [0.29, 0.717) is 24.1 Å². The summed E-state index contributed by atoms with van der Waals surface area (Å²) < 4.78 is 0. The second-order valence-electron chi connectivity index (χ2n) is 4.96. The molecule has 0 radical (unpaired) electrons. The Bertz CT molecular complexity index is 761. The summed E-state index contributed by atoms with van der Waals surface area (Å²) in [6.07, 6.45) is 1.19. The summed E-state index contributed by atoms with van der Waals surface area (Å²) in [4.78, 5) is 11.4. The van der Waals surface area contributed by atoms with E-state index in [0.717, 1.165) is 22.6 Å². The number of anilines is 4. The van der Waals surface area contributed by atoms with Crippen molar-refractivity contribution in [3.8, 4) is 6.07 Å². The van der Waals surface area contributed by atoms with Crippen molar-refractivity contribution in [1.29, 1.82) is 5.26 Å². The summed E-state index contributed by atoms with van der Waals surface area (Å²) in [6.45, 7) is 0. The molecule has 4 N–H and O–H groups in total. The summed E-state index contributed by atoms with van der Waals surface area (Å²) in [5.74, 6) is 0.0179. The number of carbonyl (C=O) groups is 1. The molecule has 0 aliphatic carbocycles. The lowest BCUT2D eigenvalue weighted by Crippen LogP contribution is -2.19. The number of nitrogens with two attached hydrogens (primary N) is 1. The molecule has 1 aliphatic rings. The smallest absolute Gasteiger partial charge is 0.224 e. The summed E-state index contributed by atoms with van der Waals surface area (Å²) in [6, 6.07) is 13.0. The lowest BCUT2D eigenvalue weighted by atomic mass is 10.0. The van der Waals surface area contributed by atoms with Crippen LogP contribution in [-0.4, -0.2) is 5.91 Å². The van der Waals surface area contributed by atoms with Crippen molar-refractivity contribution < 1.29 is 4.79 Å². The zero-order valence-corrected chi connectivity index (χ0v) is 11.3. The van der Waals surface area contributed by atoms with Crippen molar-refractivity contribution in [2.45, 2.75) is 12.8 Å². The van der Waals surface area contributed by atoms with Gasteiger partial charge in [-0.1, -0.05) is 6.07 Å². The highest BCUT2D eigenvalue weighted by Crippen LogP contribution is 2.32. The zero-order chi connectivity index (χ0) is 14.8. The number of nitrogens with zero attached hydrogens (tertiary/aromatic N) is 1. The average molecular weight is 278 g/mol. The van der Waals surface area contributed by atoms with Crippen LogP contribution in [0, 0.1) is 11.3 Å². The number of nitriles is 1. The lowest BCUT2D eigenvalue weighted by molar-refractivity contribution is -0.116. The van der Waals surface area contributed by atoms with E-state index in [4.69, 9.17) is 11.0 Å². The topological polar surface area (TPSA) is 90.9 Å². The van der Waals surface area contributed by atoms with Crippen LogP contribution in [0.1, 0.15) is 17.5 Å². The molecular weight excluding hydrogens is 264 g/mol. The minimum Gasteiger partial charge on any atom is -0.397 e. The van der Waals surface area contributed by atoms with Gasteiger partial charge in [0.2, 0.25) is 5.91 Å². The van der Waals surface area contributed by atoms with Crippen molar-refractivity contribution in [3.05, 3.63) is 47.5 Å². The van der Waals surface area contributed by atoms with Crippen LogP contribution in [0.2, 0.25) is 0 Å². The van der Waals surface area contributed by atoms with Gasteiger partial charge in [-0.15, -0.1) is 0 Å². The van der Waals surface area contributed by atoms with E-state index in [1.165, 1.54) is 0 Å². The van der Waals surface area contributed by atoms with E-state index >= 15 is 0 Å². The molecule has 0 aromatic heterocycles. The van der Waals surface area contributed by atoms with Gasteiger partial charge in [-0.3, -0.25) is 4.79 Å². The Hall–Kier alpha value is -3.00. The van der Waals surface area contributed by atoms with Gasteiger partial charge in [0.25, 0.3) is 0 Å². The van der Waals surface area contributed by atoms with Crippen LogP contribution in [0.25, 0.3) is 0 Å². The predicted molar refractivity (Wildman–Crippen MR) is 82.2 cm³/mol. The largest absolute Gasteiger partial charge is 0.397 e. The number of aryl methyl sites for hydroxylation is 1. The number of nitrogen functional groups attached to an aromatic ring is 1. The first-order chi connectivity index (χ1) is 10.2. The van der Waals surface area contributed by atoms with Crippen molar-refractivity contribution in [2.75, 3.05) is 16.4 Å². The molecule has 0 atom stereocenters. The molecule has 0 bridgehead atoms. The normalized spacial score (nSPS) is 13.0. The SMILES string of the molecule is N#Cc1cccc(Nc2cc3c(cc2N)NC(=O)CC3)c1. The van der Waals surface area contributed by atoms with Gasteiger partial charge in [-0.2, -0.15) is 5.26 Å². The van der Waals surface area contributed by atoms with Crippen LogP contribution in [0.3, 0.4) is 0 Å². The first-order valence-corrected chi connectivity index (χ1v) is 6.65. The molecule has 21 heavy (non-hydrogen) atoms. The number of carbonyl (C=O) groups excluding carboxylic acids is 1. The number of hydrogen-bond acceptors (Lipinski definition) is 4. The summed E-state index contributed by atoms with van der Waals surface area (Å²) in [5, 5.41) is 15.0. The molecule has 2 aromatic rings. The molecule has 1 amide bonds. The number of benzene rings is 2. The zero-order valence-electron chi connectivity index (χ0n) is 11.3. The third-order valence-electron chi connectivity index (χ3n) is 3.44.